The zero-order valence-electron chi connectivity index (χ0n) is 19.9. The Morgan fingerprint density at radius 2 is 1.83 bits per heavy atom. The number of anilines is 3. The number of halogens is 1. The number of fused-ring (bicyclic) bond motifs is 1. The minimum Gasteiger partial charge on any atom is -0.368 e. The van der Waals surface area contributed by atoms with Gasteiger partial charge in [-0.25, -0.2) is 13.4 Å². The van der Waals surface area contributed by atoms with Crippen LogP contribution in [0.5, 0.6) is 0 Å². The average Bonchev–Trinajstić information content (AvgIpc) is 3.40. The van der Waals surface area contributed by atoms with Crippen molar-refractivity contribution < 1.29 is 13.2 Å². The number of hydrogen-bond acceptors (Lipinski definition) is 7. The van der Waals surface area contributed by atoms with E-state index in [0.29, 0.717) is 31.3 Å². The molecule has 0 saturated carbocycles. The highest BCUT2D eigenvalue weighted by Gasteiger charge is 2.31. The first kappa shape index (κ1) is 24.9. The van der Waals surface area contributed by atoms with Gasteiger partial charge in [0.05, 0.1) is 4.90 Å². The van der Waals surface area contributed by atoms with Gasteiger partial charge in [0.2, 0.25) is 5.91 Å². The molecule has 2 aliphatic rings. The first-order valence-corrected chi connectivity index (χ1v) is 14.7. The maximum absolute atomic E-state index is 13.4. The van der Waals surface area contributed by atoms with Gasteiger partial charge in [-0.15, -0.1) is 11.3 Å². The molecule has 8 nitrogen and oxygen atoms in total. The van der Waals surface area contributed by atoms with Gasteiger partial charge in [-0.2, -0.15) is 0 Å². The maximum atomic E-state index is 13.4. The molecular formula is C25H28ClN5O3S2. The topological polar surface area (TPSA) is 85.8 Å². The summed E-state index contributed by atoms with van der Waals surface area (Å²) in [6.45, 7) is 5.46. The van der Waals surface area contributed by atoms with Crippen LogP contribution in [0.3, 0.4) is 0 Å². The van der Waals surface area contributed by atoms with Crippen molar-refractivity contribution in [3.05, 3.63) is 64.6 Å². The third-order valence-corrected chi connectivity index (χ3v) is 9.19. The van der Waals surface area contributed by atoms with Gasteiger partial charge in [0.15, 0.2) is 5.13 Å². The molecule has 0 spiro atoms. The Bertz CT molecular complexity index is 1320. The maximum Gasteiger partial charge on any atom is 0.263 e. The van der Waals surface area contributed by atoms with E-state index in [1.165, 1.54) is 16.9 Å². The molecule has 2 aromatic carbocycles. The number of nitrogens with one attached hydrogen (secondary N) is 1. The van der Waals surface area contributed by atoms with E-state index in [2.05, 4.69) is 19.5 Å². The summed E-state index contributed by atoms with van der Waals surface area (Å²) in [5, 5.41) is 2.78. The molecule has 3 aromatic rings. The second-order valence-electron chi connectivity index (χ2n) is 8.99. The van der Waals surface area contributed by atoms with Crippen LogP contribution < -0.4 is 14.5 Å². The molecule has 0 aliphatic carbocycles. The second-order valence-corrected chi connectivity index (χ2v) is 12.0. The zero-order chi connectivity index (χ0) is 25.3. The summed E-state index contributed by atoms with van der Waals surface area (Å²) in [4.78, 5) is 23.8. The van der Waals surface area contributed by atoms with E-state index in [1.54, 1.807) is 23.7 Å². The summed E-state index contributed by atoms with van der Waals surface area (Å²) >= 11 is 7.41. The van der Waals surface area contributed by atoms with Crippen LogP contribution in [-0.2, 0) is 21.2 Å². The van der Waals surface area contributed by atoms with Crippen LogP contribution in [0.15, 0.2) is 58.9 Å². The number of benzene rings is 2. The van der Waals surface area contributed by atoms with Gasteiger partial charge in [0, 0.05) is 60.7 Å². The Balaban J connectivity index is 1.20. The van der Waals surface area contributed by atoms with Gasteiger partial charge < -0.3 is 14.7 Å². The van der Waals surface area contributed by atoms with E-state index in [9.17, 15) is 13.2 Å². The van der Waals surface area contributed by atoms with E-state index in [-0.39, 0.29) is 16.8 Å². The lowest BCUT2D eigenvalue weighted by Crippen LogP contribution is -2.55. The molecule has 1 fully saturated rings. The van der Waals surface area contributed by atoms with Gasteiger partial charge in [0.1, 0.15) is 6.04 Å². The quantitative estimate of drug-likeness (QED) is 0.502. The third kappa shape index (κ3) is 5.16. The molecule has 5 rings (SSSR count). The van der Waals surface area contributed by atoms with Gasteiger partial charge in [-0.1, -0.05) is 11.6 Å². The molecule has 1 N–H and O–H groups in total. The lowest BCUT2D eigenvalue weighted by Gasteiger charge is -2.41. The summed E-state index contributed by atoms with van der Waals surface area (Å²) in [5.41, 5.74) is 3.24. The number of thiazole rings is 1. The minimum atomic E-state index is -3.68. The van der Waals surface area contributed by atoms with E-state index in [1.807, 2.05) is 42.2 Å². The smallest absolute Gasteiger partial charge is 0.263 e. The van der Waals surface area contributed by atoms with Crippen LogP contribution in [-0.4, -0.2) is 63.0 Å². The highest BCUT2D eigenvalue weighted by Crippen LogP contribution is 2.31. The number of amides is 1. The number of carbonyl (C=O) groups excluding carboxylic acids is 1. The van der Waals surface area contributed by atoms with Crippen molar-refractivity contribution in [3.63, 3.8) is 0 Å². The van der Waals surface area contributed by atoms with Crippen LogP contribution in [0.25, 0.3) is 0 Å². The first-order chi connectivity index (χ1) is 17.3. The molecule has 2 aliphatic heterocycles. The zero-order valence-corrected chi connectivity index (χ0v) is 22.3. The number of aryl methyl sites for hydroxylation is 1. The normalized spacial score (nSPS) is 17.0. The van der Waals surface area contributed by atoms with Gasteiger partial charge in [-0.3, -0.25) is 9.52 Å². The molecule has 1 saturated heterocycles. The molecular weight excluding hydrogens is 518 g/mol. The van der Waals surface area contributed by atoms with Crippen LogP contribution in [0.1, 0.15) is 18.9 Å². The van der Waals surface area contributed by atoms with Crippen LogP contribution in [0.2, 0.25) is 5.02 Å². The number of rotatable bonds is 6. The Morgan fingerprint density at radius 1 is 1.08 bits per heavy atom. The van der Waals surface area contributed by atoms with E-state index < -0.39 is 10.0 Å². The monoisotopic (exact) mass is 545 g/mol. The van der Waals surface area contributed by atoms with Crippen LogP contribution in [0, 0.1) is 0 Å². The summed E-state index contributed by atoms with van der Waals surface area (Å²) < 4.78 is 27.7. The summed E-state index contributed by atoms with van der Waals surface area (Å²) in [7, 11) is -3.68. The molecule has 0 bridgehead atoms. The minimum absolute atomic E-state index is 0.132. The number of carbonyl (C=O) groups is 1. The highest BCUT2D eigenvalue weighted by atomic mass is 35.5. The molecule has 190 valence electrons. The van der Waals surface area contributed by atoms with Crippen molar-refractivity contribution in [2.45, 2.75) is 30.7 Å². The SMILES string of the molecule is CC(C(=O)N1CCN(c2ccc(S(=O)(=O)Nc3nccs3)cc2)CC1)N1CCCc2cc(Cl)ccc21. The lowest BCUT2D eigenvalue weighted by atomic mass is 10.00. The van der Waals surface area contributed by atoms with Gasteiger partial charge >= 0.3 is 0 Å². The fraction of sp³-hybridized carbons (Fsp3) is 0.360. The number of sulfonamides is 1. The third-order valence-electron chi connectivity index (χ3n) is 6.78. The second kappa shape index (κ2) is 10.3. The van der Waals surface area contributed by atoms with Gasteiger partial charge in [-0.05, 0) is 67.8 Å². The summed E-state index contributed by atoms with van der Waals surface area (Å²) in [6.07, 6.45) is 3.54. The number of nitrogens with zero attached hydrogens (tertiary/aromatic N) is 4. The molecule has 0 radical (unpaired) electrons. The first-order valence-electron chi connectivity index (χ1n) is 11.9. The summed E-state index contributed by atoms with van der Waals surface area (Å²) in [6, 6.07) is 12.5. The van der Waals surface area contributed by atoms with E-state index in [4.69, 9.17) is 11.6 Å². The predicted molar refractivity (Wildman–Crippen MR) is 145 cm³/mol. The predicted octanol–water partition coefficient (Wildman–Crippen LogP) is 4.09. The van der Waals surface area contributed by atoms with Crippen molar-refractivity contribution >= 4 is 55.4 Å². The molecule has 1 aromatic heterocycles. The van der Waals surface area contributed by atoms with Crippen molar-refractivity contribution in [2.24, 2.45) is 0 Å². The molecule has 1 amide bonds. The van der Waals surface area contributed by atoms with Crippen molar-refractivity contribution in [1.29, 1.82) is 0 Å². The van der Waals surface area contributed by atoms with Crippen molar-refractivity contribution in [2.75, 3.05) is 47.2 Å². The highest BCUT2D eigenvalue weighted by molar-refractivity contribution is 7.93. The Hall–Kier alpha value is -2.82. The molecule has 1 atom stereocenters. The molecule has 36 heavy (non-hydrogen) atoms. The number of aromatic nitrogens is 1. The Kier molecular flexibility index (Phi) is 7.09. The fourth-order valence-corrected chi connectivity index (χ4v) is 6.85. The number of piperazine rings is 1. The largest absolute Gasteiger partial charge is 0.368 e. The molecule has 3 heterocycles. The lowest BCUT2D eigenvalue weighted by molar-refractivity contribution is -0.132. The standard InChI is InChI=1S/C25H28ClN5O3S2/c1-18(31-11-2-3-19-17-20(26)4-9-23(19)31)24(32)30-14-12-29(13-15-30)21-5-7-22(8-6-21)36(33,34)28-25-27-10-16-35-25/h4-10,16-18H,2-3,11-15H2,1H3,(H,27,28). The van der Waals surface area contributed by atoms with E-state index >= 15 is 0 Å². The Labute approximate surface area is 220 Å². The molecule has 11 heteroatoms. The fourth-order valence-electron chi connectivity index (χ4n) is 4.86. The van der Waals surface area contributed by atoms with E-state index in [0.717, 1.165) is 35.8 Å². The molecule has 1 unspecified atom stereocenters. The van der Waals surface area contributed by atoms with Crippen molar-refractivity contribution in [1.82, 2.24) is 9.88 Å². The Morgan fingerprint density at radius 3 is 2.53 bits per heavy atom. The summed E-state index contributed by atoms with van der Waals surface area (Å²) in [5.74, 6) is 0.132. The number of hydrogen-bond donors (Lipinski definition) is 1. The van der Waals surface area contributed by atoms with Crippen LogP contribution >= 0.6 is 22.9 Å². The van der Waals surface area contributed by atoms with Crippen molar-refractivity contribution in [3.8, 4) is 0 Å². The van der Waals surface area contributed by atoms with Crippen LogP contribution in [0.4, 0.5) is 16.5 Å². The van der Waals surface area contributed by atoms with Gasteiger partial charge in [0.25, 0.3) is 10.0 Å². The average molecular weight is 546 g/mol.